The Kier molecular flexibility index (Phi) is 4.12. The van der Waals surface area contributed by atoms with Crippen LogP contribution in [-0.4, -0.2) is 23.5 Å². The lowest BCUT2D eigenvalue weighted by Crippen LogP contribution is -2.31. The van der Waals surface area contributed by atoms with Gasteiger partial charge in [0, 0.05) is 17.8 Å². The molecule has 0 fully saturated rings. The normalized spacial score (nSPS) is 11.4. The number of aromatic carboxylic acids is 1. The quantitative estimate of drug-likeness (QED) is 0.879. The van der Waals surface area contributed by atoms with E-state index in [1.807, 2.05) is 0 Å². The van der Waals surface area contributed by atoms with Crippen LogP contribution in [0.15, 0.2) is 42.6 Å². The molecule has 0 saturated heterocycles. The molecule has 1 aromatic carbocycles. The second kappa shape index (κ2) is 5.66. The molecule has 0 aliphatic heterocycles. The van der Waals surface area contributed by atoms with Crippen LogP contribution in [0.4, 0.5) is 0 Å². The van der Waals surface area contributed by atoms with Gasteiger partial charge in [-0.2, -0.15) is 13.1 Å². The molecule has 0 amide bonds. The maximum atomic E-state index is 12.0. The lowest BCUT2D eigenvalue weighted by molar-refractivity contribution is 0.0689. The van der Waals surface area contributed by atoms with Gasteiger partial charge >= 0.3 is 16.2 Å². The maximum Gasteiger partial charge on any atom is 0.353 e. The zero-order valence-electron chi connectivity index (χ0n) is 10.2. The molecule has 8 heteroatoms. The molecule has 106 valence electrons. The highest BCUT2D eigenvalue weighted by molar-refractivity contribution is 7.88. The van der Waals surface area contributed by atoms with E-state index in [1.165, 1.54) is 18.3 Å². The number of nitrogens with one attached hydrogen (secondary N) is 1. The van der Waals surface area contributed by atoms with Crippen molar-refractivity contribution in [2.24, 2.45) is 0 Å². The molecular weight excluding hydrogens is 304 g/mol. The van der Waals surface area contributed by atoms with Crippen molar-refractivity contribution < 1.29 is 18.3 Å². The van der Waals surface area contributed by atoms with Gasteiger partial charge in [-0.05, 0) is 29.8 Å². The number of carboxylic acids is 1. The van der Waals surface area contributed by atoms with Gasteiger partial charge in [-0.1, -0.05) is 23.7 Å². The topological polar surface area (TPSA) is 88.4 Å². The van der Waals surface area contributed by atoms with E-state index in [1.54, 1.807) is 24.3 Å². The number of halogens is 1. The highest BCUT2D eigenvalue weighted by atomic mass is 35.5. The van der Waals surface area contributed by atoms with Gasteiger partial charge < -0.3 is 5.11 Å². The molecule has 0 aliphatic carbocycles. The smallest absolute Gasteiger partial charge is 0.353 e. The maximum absolute atomic E-state index is 12.0. The van der Waals surface area contributed by atoms with Crippen molar-refractivity contribution in [2.75, 3.05) is 0 Å². The molecule has 0 bridgehead atoms. The van der Waals surface area contributed by atoms with Crippen LogP contribution in [-0.2, 0) is 16.8 Å². The van der Waals surface area contributed by atoms with Crippen molar-refractivity contribution in [1.82, 2.24) is 8.69 Å². The van der Waals surface area contributed by atoms with Crippen molar-refractivity contribution in [3.63, 3.8) is 0 Å². The fourth-order valence-electron chi connectivity index (χ4n) is 1.63. The van der Waals surface area contributed by atoms with Gasteiger partial charge in [-0.15, -0.1) is 0 Å². The Balaban J connectivity index is 2.19. The molecule has 0 saturated carbocycles. The number of benzene rings is 1. The molecule has 0 aliphatic rings. The summed E-state index contributed by atoms with van der Waals surface area (Å²) in [6, 6.07) is 9.27. The second-order valence-corrected chi connectivity index (χ2v) is 6.02. The number of hydrogen-bond acceptors (Lipinski definition) is 3. The molecule has 2 rings (SSSR count). The van der Waals surface area contributed by atoms with Crippen molar-refractivity contribution in [1.29, 1.82) is 0 Å². The molecule has 0 atom stereocenters. The summed E-state index contributed by atoms with van der Waals surface area (Å²) in [6.07, 6.45) is 1.17. The molecular formula is C12H11ClN2O4S. The van der Waals surface area contributed by atoms with E-state index in [-0.39, 0.29) is 12.2 Å². The number of hydrogen-bond donors (Lipinski definition) is 2. The Hall–Kier alpha value is -1.83. The molecule has 2 aromatic rings. The summed E-state index contributed by atoms with van der Waals surface area (Å²) in [5.41, 5.74) is 0.341. The highest BCUT2D eigenvalue weighted by Gasteiger charge is 2.19. The number of carbonyl (C=O) groups is 1. The average molecular weight is 315 g/mol. The fourth-order valence-corrected chi connectivity index (χ4v) is 2.96. The monoisotopic (exact) mass is 314 g/mol. The summed E-state index contributed by atoms with van der Waals surface area (Å²) in [7, 11) is -3.96. The van der Waals surface area contributed by atoms with Gasteiger partial charge in [0.15, 0.2) is 0 Å². The first-order valence-corrected chi connectivity index (χ1v) is 7.37. The average Bonchev–Trinajstić information content (AvgIpc) is 2.87. The van der Waals surface area contributed by atoms with Gasteiger partial charge in [0.05, 0.1) is 0 Å². The van der Waals surface area contributed by atoms with Crippen molar-refractivity contribution in [2.45, 2.75) is 6.54 Å². The number of rotatable bonds is 5. The lowest BCUT2D eigenvalue weighted by Gasteiger charge is -2.09. The Morgan fingerprint density at radius 1 is 1.30 bits per heavy atom. The van der Waals surface area contributed by atoms with Crippen LogP contribution in [0, 0.1) is 0 Å². The molecule has 6 nitrogen and oxygen atoms in total. The van der Waals surface area contributed by atoms with E-state index in [0.717, 1.165) is 0 Å². The third-order valence-corrected chi connectivity index (χ3v) is 4.12. The van der Waals surface area contributed by atoms with E-state index >= 15 is 0 Å². The Morgan fingerprint density at radius 3 is 2.70 bits per heavy atom. The first-order chi connectivity index (χ1) is 9.40. The largest absolute Gasteiger partial charge is 0.477 e. The van der Waals surface area contributed by atoms with Gasteiger partial charge in [0.25, 0.3) is 0 Å². The van der Waals surface area contributed by atoms with E-state index in [9.17, 15) is 13.2 Å². The van der Waals surface area contributed by atoms with Gasteiger partial charge in [0.2, 0.25) is 0 Å². The summed E-state index contributed by atoms with van der Waals surface area (Å²) in [5, 5.41) is 9.40. The van der Waals surface area contributed by atoms with Gasteiger partial charge in [0.1, 0.15) is 5.69 Å². The van der Waals surface area contributed by atoms with Gasteiger partial charge in [-0.3, -0.25) is 0 Å². The summed E-state index contributed by atoms with van der Waals surface area (Å²) in [6.45, 7) is 0.0140. The predicted octanol–water partition coefficient (Wildman–Crippen LogP) is 1.72. The van der Waals surface area contributed by atoms with Gasteiger partial charge in [-0.25, -0.2) is 8.77 Å². The Bertz CT molecular complexity index is 739. The SMILES string of the molecule is O=C(O)c1cccn1S(=O)(=O)NCc1cccc(Cl)c1. The van der Waals surface area contributed by atoms with Crippen LogP contribution >= 0.6 is 11.6 Å². The molecule has 0 unspecified atom stereocenters. The second-order valence-electron chi connectivity index (χ2n) is 3.95. The minimum absolute atomic E-state index is 0.0140. The van der Waals surface area contributed by atoms with Crippen molar-refractivity contribution in [3.05, 3.63) is 58.9 Å². The van der Waals surface area contributed by atoms with E-state index < -0.39 is 16.2 Å². The molecule has 0 radical (unpaired) electrons. The summed E-state index contributed by atoms with van der Waals surface area (Å²) >= 11 is 5.80. The highest BCUT2D eigenvalue weighted by Crippen LogP contribution is 2.11. The van der Waals surface area contributed by atoms with E-state index in [4.69, 9.17) is 16.7 Å². The summed E-state index contributed by atoms with van der Waals surface area (Å²) in [4.78, 5) is 10.9. The fraction of sp³-hybridized carbons (Fsp3) is 0.0833. The standard InChI is InChI=1S/C12H11ClN2O4S/c13-10-4-1-3-9(7-10)8-14-20(18,19)15-6-2-5-11(15)12(16)17/h1-7,14H,8H2,(H,16,17). The van der Waals surface area contributed by atoms with Crippen molar-refractivity contribution in [3.8, 4) is 0 Å². The minimum atomic E-state index is -3.96. The van der Waals surface area contributed by atoms with E-state index in [2.05, 4.69) is 4.72 Å². The summed E-state index contributed by atoms with van der Waals surface area (Å²) in [5.74, 6) is -1.32. The number of nitrogens with zero attached hydrogens (tertiary/aromatic N) is 1. The third-order valence-electron chi connectivity index (χ3n) is 2.54. The summed E-state index contributed by atoms with van der Waals surface area (Å²) < 4.78 is 27.1. The first kappa shape index (κ1) is 14.6. The van der Waals surface area contributed by atoms with Crippen LogP contribution in [0.25, 0.3) is 0 Å². The van der Waals surface area contributed by atoms with Crippen LogP contribution in [0.3, 0.4) is 0 Å². The predicted molar refractivity (Wildman–Crippen MR) is 74.0 cm³/mol. The molecule has 20 heavy (non-hydrogen) atoms. The van der Waals surface area contributed by atoms with E-state index in [0.29, 0.717) is 14.6 Å². The third kappa shape index (κ3) is 3.19. The molecule has 1 aromatic heterocycles. The Labute approximate surface area is 120 Å². The lowest BCUT2D eigenvalue weighted by atomic mass is 10.2. The zero-order valence-corrected chi connectivity index (χ0v) is 11.7. The number of carboxylic acid groups (broad SMARTS) is 1. The van der Waals surface area contributed by atoms with Crippen LogP contribution < -0.4 is 4.72 Å². The minimum Gasteiger partial charge on any atom is -0.477 e. The number of aromatic nitrogens is 1. The molecule has 2 N–H and O–H groups in total. The van der Waals surface area contributed by atoms with Crippen LogP contribution in [0.5, 0.6) is 0 Å². The van der Waals surface area contributed by atoms with Crippen LogP contribution in [0.2, 0.25) is 5.02 Å². The van der Waals surface area contributed by atoms with Crippen LogP contribution in [0.1, 0.15) is 16.1 Å². The molecule has 1 heterocycles. The molecule has 0 spiro atoms. The first-order valence-electron chi connectivity index (χ1n) is 5.55. The zero-order chi connectivity index (χ0) is 14.8. The Morgan fingerprint density at radius 2 is 2.05 bits per heavy atom. The van der Waals surface area contributed by atoms with Crippen molar-refractivity contribution >= 4 is 27.8 Å².